The first-order valence-corrected chi connectivity index (χ1v) is 22.7. The number of carbonyl (C=O) groups excluding carboxylic acids is 1. The van der Waals surface area contributed by atoms with E-state index < -0.39 is 236 Å². The summed E-state index contributed by atoms with van der Waals surface area (Å²) in [5.41, 5.74) is 0. The zero-order chi connectivity index (χ0) is 52.6. The summed E-state index contributed by atoms with van der Waals surface area (Å²) in [4.78, 5) is 12.5. The number of aliphatic hydroxyl groups is 17. The number of methoxy groups -OCH3 is 1. The molecule has 0 radical (unpaired) electrons. The van der Waals surface area contributed by atoms with Crippen molar-refractivity contribution in [2.24, 2.45) is 0 Å². The molecule has 0 unspecified atom stereocenters. The van der Waals surface area contributed by atoms with E-state index in [0.717, 1.165) is 7.11 Å². The lowest BCUT2D eigenvalue weighted by Gasteiger charge is -2.51. The summed E-state index contributed by atoms with van der Waals surface area (Å²) >= 11 is 0. The highest BCUT2D eigenvalue weighted by Crippen LogP contribution is 2.39. The first-order chi connectivity index (χ1) is 34.3. The van der Waals surface area contributed by atoms with Crippen LogP contribution in [-0.4, -0.2) is 324 Å². The predicted octanol–water partition coefficient (Wildman–Crippen LogP) is -12.3. The number of esters is 1. The van der Waals surface area contributed by atoms with E-state index in [1.54, 1.807) is 0 Å². The van der Waals surface area contributed by atoms with Gasteiger partial charge in [0, 0.05) is 0 Å². The largest absolute Gasteiger partial charge is 0.478 e. The molecule has 32 nitrogen and oxygen atoms in total. The van der Waals surface area contributed by atoms with Gasteiger partial charge in [0.15, 0.2) is 49.6 Å². The molecule has 0 aromatic rings. The van der Waals surface area contributed by atoms with Crippen LogP contribution in [-0.2, 0) is 71.1 Å². The Morgan fingerprint density at radius 1 is 0.347 bits per heavy atom. The third-order valence-corrected chi connectivity index (χ3v) is 13.3. The molecule has 22 rings (SSSR count). The molecule has 72 heavy (non-hydrogen) atoms. The van der Waals surface area contributed by atoms with E-state index >= 15 is 0 Å². The zero-order valence-electron chi connectivity index (χ0n) is 38.0. The Kier molecular flexibility index (Phi) is 19.5. The van der Waals surface area contributed by atoms with Crippen molar-refractivity contribution in [3.63, 3.8) is 0 Å². The topological polar surface area (TPSA) is 490 Å². The molecule has 22 saturated heterocycles. The normalized spacial score (nSPS) is 51.5. The van der Waals surface area contributed by atoms with E-state index in [9.17, 15) is 91.6 Å². The van der Waals surface area contributed by atoms with Gasteiger partial charge in [0.1, 0.15) is 140 Å². The highest BCUT2D eigenvalue weighted by molar-refractivity contribution is 5.85. The number of hydrogen-bond donors (Lipinski definition) is 17. The van der Waals surface area contributed by atoms with Gasteiger partial charge in [-0.2, -0.15) is 0 Å². The SMILES string of the molecule is C=C(O[C@@H]1[C@@H](O)[C@H]2O[C@H]3[C@H](O)[C@@H](O)[C@@H](O[C@H]4[C@H](O)[C@@H](O)[C@@H](O[C@H]5[C@H](O)[C@@H](O)[C@@H](O[C@H]6[C@H](O)[C@@H](O)[C@@H](O[C@H]7[C@H](O)[C@@H](O)[C@@H](O[C@H]1[C@@H](CO)O2)O[C@@H]7CO)O[C@@H]6CO)O[C@@H]5CO)O[C@@H]4CO)O[C@@H]3CO)C(=O)OC. The lowest BCUT2D eigenvalue weighted by Crippen LogP contribution is -2.69. The number of hydrogen-bond acceptors (Lipinski definition) is 32. The molecular formula is C40H64O32. The van der Waals surface area contributed by atoms with E-state index in [0.29, 0.717) is 0 Å². The number of ether oxygens (including phenoxy) is 14. The van der Waals surface area contributed by atoms with Crippen LogP contribution in [0.1, 0.15) is 0 Å². The molecule has 22 aliphatic heterocycles. The molecule has 0 saturated carbocycles. The average molecular weight is 1060 g/mol. The van der Waals surface area contributed by atoms with E-state index in [-0.39, 0.29) is 0 Å². The molecule has 22 heterocycles. The van der Waals surface area contributed by atoms with Gasteiger partial charge in [0.25, 0.3) is 0 Å². The number of carbonyl (C=O) groups is 1. The Morgan fingerprint density at radius 2 is 0.556 bits per heavy atom. The molecule has 0 spiro atoms. The third-order valence-electron chi connectivity index (χ3n) is 13.3. The summed E-state index contributed by atoms with van der Waals surface area (Å²) in [5, 5.41) is 187. The van der Waals surface area contributed by atoms with E-state index in [2.05, 4.69) is 11.3 Å². The van der Waals surface area contributed by atoms with Gasteiger partial charge < -0.3 is 153 Å². The summed E-state index contributed by atoms with van der Waals surface area (Å²) in [6.07, 6.45) is -59.7. The summed E-state index contributed by atoms with van der Waals surface area (Å²) < 4.78 is 79.1. The maximum Gasteiger partial charge on any atom is 0.372 e. The maximum atomic E-state index is 12.5. The molecule has 30 atom stereocenters. The summed E-state index contributed by atoms with van der Waals surface area (Å²) in [6, 6.07) is 0. The van der Waals surface area contributed by atoms with Gasteiger partial charge in [-0.05, 0) is 6.58 Å². The first-order valence-electron chi connectivity index (χ1n) is 22.7. The second-order valence-electron chi connectivity index (χ2n) is 17.9. The van der Waals surface area contributed by atoms with Crippen molar-refractivity contribution in [3.8, 4) is 0 Å². The highest BCUT2D eigenvalue weighted by atomic mass is 16.8. The summed E-state index contributed by atoms with van der Waals surface area (Å²) in [6.45, 7) is -2.76. The molecule has 0 amide bonds. The smallest absolute Gasteiger partial charge is 0.372 e. The minimum absolute atomic E-state index is 0.788. The minimum atomic E-state index is -2.22. The van der Waals surface area contributed by atoms with E-state index in [1.807, 2.05) is 0 Å². The Morgan fingerprint density at radius 3 is 0.778 bits per heavy atom. The first kappa shape index (κ1) is 57.6. The molecule has 0 aliphatic carbocycles. The van der Waals surface area contributed by atoms with Crippen molar-refractivity contribution in [1.82, 2.24) is 0 Å². The van der Waals surface area contributed by atoms with E-state index in [4.69, 9.17) is 61.6 Å². The van der Waals surface area contributed by atoms with Crippen LogP contribution in [0, 0.1) is 0 Å². The molecular weight excluding hydrogens is 992 g/mol. The van der Waals surface area contributed by atoms with Crippen LogP contribution in [0.4, 0.5) is 0 Å². The van der Waals surface area contributed by atoms with Crippen molar-refractivity contribution in [3.05, 3.63) is 12.3 Å². The third kappa shape index (κ3) is 11.3. The minimum Gasteiger partial charge on any atom is -0.478 e. The summed E-state index contributed by atoms with van der Waals surface area (Å²) in [5.74, 6) is -1.98. The Bertz CT molecular complexity index is 1740. The van der Waals surface area contributed by atoms with Gasteiger partial charge >= 0.3 is 5.97 Å². The molecule has 416 valence electrons. The van der Waals surface area contributed by atoms with Crippen LogP contribution in [0.3, 0.4) is 0 Å². The Labute approximate surface area is 406 Å². The molecule has 22 fully saturated rings. The molecule has 12 bridgehead atoms. The van der Waals surface area contributed by atoms with Gasteiger partial charge in [-0.3, -0.25) is 0 Å². The monoisotopic (exact) mass is 1060 g/mol. The standard InChI is InChI=1S/C40H64O32/c1-9(34(58)59-2)60-33-26(57)40-66-15(8-46)32(33)72-39-25(56)20(51)30(13(6-44)65-39)70-37-23(54)18(49)28(11(4-42)63-37)68-35-21(52)16(47)27(10(3-41)61-35)67-36-22(53)17(48)29(12(5-43)62-36)69-38-24(55)19(50)31(71-40)14(7-45)64-38/h10-33,35-57H,1,3-8H2,2H3/t10-,11-,12-,13-,14-,15-,16-,17-,18-,19-,20-,21-,22-,23-,24-,25-,26-,27-,28-,29-,30-,31-,32+,33-,35-,36-,37-,38-,39-,40-/m1/s1. The van der Waals surface area contributed by atoms with Gasteiger partial charge in [-0.25, -0.2) is 4.79 Å². The van der Waals surface area contributed by atoms with Crippen LogP contribution in [0.5, 0.6) is 0 Å². The quantitative estimate of drug-likeness (QED) is 0.0579. The second-order valence-corrected chi connectivity index (χ2v) is 17.9. The fourth-order valence-corrected chi connectivity index (χ4v) is 9.37. The van der Waals surface area contributed by atoms with Crippen molar-refractivity contribution in [1.29, 1.82) is 0 Å². The van der Waals surface area contributed by atoms with Crippen LogP contribution >= 0.6 is 0 Å². The average Bonchev–Trinajstić information content (AvgIpc) is 3.37. The molecule has 32 heteroatoms. The van der Waals surface area contributed by atoms with Gasteiger partial charge in [0.2, 0.25) is 0 Å². The second kappa shape index (κ2) is 24.5. The van der Waals surface area contributed by atoms with Crippen LogP contribution in [0.25, 0.3) is 0 Å². The van der Waals surface area contributed by atoms with Crippen LogP contribution in [0.2, 0.25) is 0 Å². The highest BCUT2D eigenvalue weighted by Gasteiger charge is 2.59. The van der Waals surface area contributed by atoms with Gasteiger partial charge in [0.05, 0.1) is 46.8 Å². The van der Waals surface area contributed by atoms with Crippen LogP contribution < -0.4 is 0 Å². The molecule has 0 aromatic heterocycles. The van der Waals surface area contributed by atoms with Crippen molar-refractivity contribution in [2.75, 3.05) is 46.8 Å². The molecule has 0 aromatic carbocycles. The number of aliphatic hydroxyl groups excluding tert-OH is 17. The van der Waals surface area contributed by atoms with Crippen molar-refractivity contribution < 1.29 is 158 Å². The van der Waals surface area contributed by atoms with Gasteiger partial charge in [-0.15, -0.1) is 0 Å². The summed E-state index contributed by atoms with van der Waals surface area (Å²) in [7, 11) is 0.952. The van der Waals surface area contributed by atoms with Crippen molar-refractivity contribution >= 4 is 5.97 Å². The number of rotatable bonds is 9. The van der Waals surface area contributed by atoms with E-state index in [1.165, 1.54) is 0 Å². The Balaban J connectivity index is 1.23. The fourth-order valence-electron chi connectivity index (χ4n) is 9.37. The predicted molar refractivity (Wildman–Crippen MR) is 216 cm³/mol. The Hall–Kier alpha value is -2.15. The van der Waals surface area contributed by atoms with Crippen molar-refractivity contribution in [2.45, 2.75) is 184 Å². The molecule has 22 aliphatic rings. The fraction of sp³-hybridized carbons (Fsp3) is 0.925. The lowest BCUT2D eigenvalue weighted by molar-refractivity contribution is -0.404. The van der Waals surface area contributed by atoms with Crippen LogP contribution in [0.15, 0.2) is 12.3 Å². The zero-order valence-corrected chi connectivity index (χ0v) is 38.0. The lowest BCUT2D eigenvalue weighted by atomic mass is 9.94. The maximum absolute atomic E-state index is 12.5. The van der Waals surface area contributed by atoms with Gasteiger partial charge in [-0.1, -0.05) is 0 Å². The molecule has 17 N–H and O–H groups in total.